The van der Waals surface area contributed by atoms with Crippen LogP contribution >= 0.6 is 15.9 Å². The molecule has 2 unspecified atom stereocenters. The first-order valence-electron chi connectivity index (χ1n) is 6.88. The molecule has 0 spiro atoms. The highest BCUT2D eigenvalue weighted by Gasteiger charge is 2.38. The molecule has 21 heavy (non-hydrogen) atoms. The second-order valence-corrected chi connectivity index (χ2v) is 8.52. The van der Waals surface area contributed by atoms with Gasteiger partial charge in [-0.25, -0.2) is 8.42 Å². The van der Waals surface area contributed by atoms with E-state index in [-0.39, 0.29) is 17.4 Å². The van der Waals surface area contributed by atoms with Gasteiger partial charge in [-0.2, -0.15) is 5.10 Å². The molecule has 8 heteroatoms. The third kappa shape index (κ3) is 3.48. The number of halogens is 1. The first kappa shape index (κ1) is 16.5. The molecule has 2 atom stereocenters. The minimum atomic E-state index is -3.08. The Kier molecular flexibility index (Phi) is 4.77. The SMILES string of the molecule is CCc1nn(C)c(CC(C(=O)O)C2CCS(=O)(=O)C2)c1Br. The Labute approximate surface area is 132 Å². The minimum Gasteiger partial charge on any atom is -0.481 e. The molecule has 2 heterocycles. The second-order valence-electron chi connectivity index (χ2n) is 5.50. The molecule has 0 bridgehead atoms. The van der Waals surface area contributed by atoms with Gasteiger partial charge in [0.2, 0.25) is 0 Å². The minimum absolute atomic E-state index is 0.0277. The third-order valence-electron chi connectivity index (χ3n) is 4.07. The molecular weight excluding hydrogens is 360 g/mol. The number of carboxylic acid groups (broad SMARTS) is 1. The Balaban J connectivity index is 2.26. The number of carboxylic acids is 1. The summed E-state index contributed by atoms with van der Waals surface area (Å²) in [4.78, 5) is 11.6. The topological polar surface area (TPSA) is 89.3 Å². The zero-order valence-corrected chi connectivity index (χ0v) is 14.4. The lowest BCUT2D eigenvalue weighted by Crippen LogP contribution is -2.27. The number of aromatic nitrogens is 2. The molecule has 2 rings (SSSR count). The number of carbonyl (C=O) groups is 1. The molecule has 1 aliphatic rings. The second kappa shape index (κ2) is 6.08. The maximum Gasteiger partial charge on any atom is 0.307 e. The predicted octanol–water partition coefficient (Wildman–Crippen LogP) is 1.42. The Bertz CT molecular complexity index is 653. The summed E-state index contributed by atoms with van der Waals surface area (Å²) in [7, 11) is -1.30. The average Bonchev–Trinajstić information content (AvgIpc) is 2.87. The van der Waals surface area contributed by atoms with Crippen molar-refractivity contribution in [3.05, 3.63) is 15.9 Å². The Morgan fingerprint density at radius 3 is 2.67 bits per heavy atom. The van der Waals surface area contributed by atoms with Crippen LogP contribution < -0.4 is 0 Å². The van der Waals surface area contributed by atoms with E-state index < -0.39 is 21.7 Å². The zero-order valence-electron chi connectivity index (χ0n) is 12.0. The highest BCUT2D eigenvalue weighted by atomic mass is 79.9. The van der Waals surface area contributed by atoms with E-state index in [1.807, 2.05) is 6.92 Å². The van der Waals surface area contributed by atoms with Crippen molar-refractivity contribution in [2.45, 2.75) is 26.2 Å². The highest BCUT2D eigenvalue weighted by Crippen LogP contribution is 2.31. The molecule has 0 aromatic carbocycles. The van der Waals surface area contributed by atoms with Crippen LogP contribution in [0.3, 0.4) is 0 Å². The first-order chi connectivity index (χ1) is 9.75. The largest absolute Gasteiger partial charge is 0.481 e. The maximum atomic E-state index is 11.6. The number of rotatable bonds is 5. The van der Waals surface area contributed by atoms with Crippen LogP contribution in [0, 0.1) is 11.8 Å². The van der Waals surface area contributed by atoms with Crippen LogP contribution in [-0.2, 0) is 34.5 Å². The lowest BCUT2D eigenvalue weighted by atomic mass is 9.88. The molecule has 1 aromatic heterocycles. The van der Waals surface area contributed by atoms with Crippen molar-refractivity contribution >= 4 is 31.7 Å². The summed E-state index contributed by atoms with van der Waals surface area (Å²) in [6, 6.07) is 0. The summed E-state index contributed by atoms with van der Waals surface area (Å²) in [6.45, 7) is 1.98. The van der Waals surface area contributed by atoms with E-state index >= 15 is 0 Å². The van der Waals surface area contributed by atoms with Crippen molar-refractivity contribution in [1.29, 1.82) is 0 Å². The number of aryl methyl sites for hydroxylation is 2. The molecule has 1 fully saturated rings. The van der Waals surface area contributed by atoms with Gasteiger partial charge in [-0.3, -0.25) is 9.48 Å². The average molecular weight is 379 g/mol. The fraction of sp³-hybridized carbons (Fsp3) is 0.692. The Hall–Kier alpha value is -0.890. The summed E-state index contributed by atoms with van der Waals surface area (Å²) < 4.78 is 25.7. The van der Waals surface area contributed by atoms with Crippen LogP contribution in [0.2, 0.25) is 0 Å². The number of hydrogen-bond acceptors (Lipinski definition) is 4. The Morgan fingerprint density at radius 1 is 1.57 bits per heavy atom. The number of hydrogen-bond donors (Lipinski definition) is 1. The van der Waals surface area contributed by atoms with Gasteiger partial charge in [-0.1, -0.05) is 6.92 Å². The van der Waals surface area contributed by atoms with Crippen LogP contribution in [0.4, 0.5) is 0 Å². The van der Waals surface area contributed by atoms with Gasteiger partial charge in [0, 0.05) is 13.5 Å². The van der Waals surface area contributed by atoms with Crippen molar-refractivity contribution in [1.82, 2.24) is 9.78 Å². The standard InChI is InChI=1S/C13H19BrN2O4S/c1-3-10-12(14)11(16(2)15-10)6-9(13(17)18)8-4-5-21(19,20)7-8/h8-9H,3-7H2,1-2H3,(H,17,18). The number of aliphatic carboxylic acids is 1. The van der Waals surface area contributed by atoms with Gasteiger partial charge in [0.15, 0.2) is 9.84 Å². The van der Waals surface area contributed by atoms with E-state index in [9.17, 15) is 18.3 Å². The Morgan fingerprint density at radius 2 is 2.24 bits per heavy atom. The van der Waals surface area contributed by atoms with Gasteiger partial charge in [-0.05, 0) is 34.7 Å². The van der Waals surface area contributed by atoms with Gasteiger partial charge in [0.05, 0.1) is 33.3 Å². The molecule has 6 nitrogen and oxygen atoms in total. The van der Waals surface area contributed by atoms with Crippen molar-refractivity contribution in [2.24, 2.45) is 18.9 Å². The highest BCUT2D eigenvalue weighted by molar-refractivity contribution is 9.10. The molecular formula is C13H19BrN2O4S. The normalized spacial score (nSPS) is 22.3. The van der Waals surface area contributed by atoms with Crippen LogP contribution in [0.1, 0.15) is 24.7 Å². The molecule has 118 valence electrons. The van der Waals surface area contributed by atoms with Crippen LogP contribution in [0.15, 0.2) is 4.47 Å². The predicted molar refractivity (Wildman–Crippen MR) is 81.9 cm³/mol. The lowest BCUT2D eigenvalue weighted by Gasteiger charge is -2.18. The van der Waals surface area contributed by atoms with Crippen LogP contribution in [-0.4, -0.2) is 40.8 Å². The quantitative estimate of drug-likeness (QED) is 0.836. The summed E-state index contributed by atoms with van der Waals surface area (Å²) in [5.74, 6) is -1.89. The van der Waals surface area contributed by atoms with Gasteiger partial charge in [-0.15, -0.1) is 0 Å². The first-order valence-corrected chi connectivity index (χ1v) is 9.50. The molecule has 1 saturated heterocycles. The van der Waals surface area contributed by atoms with Crippen molar-refractivity contribution in [2.75, 3.05) is 11.5 Å². The zero-order chi connectivity index (χ0) is 15.8. The molecule has 1 N–H and O–H groups in total. The van der Waals surface area contributed by atoms with Gasteiger partial charge in [0.1, 0.15) is 0 Å². The monoisotopic (exact) mass is 378 g/mol. The maximum absolute atomic E-state index is 11.6. The van der Waals surface area contributed by atoms with Gasteiger partial charge < -0.3 is 5.11 Å². The molecule has 0 aliphatic carbocycles. The summed E-state index contributed by atoms with van der Waals surface area (Å²) in [5.41, 5.74) is 1.69. The van der Waals surface area contributed by atoms with Crippen molar-refractivity contribution in [3.63, 3.8) is 0 Å². The van der Waals surface area contributed by atoms with Crippen LogP contribution in [0.25, 0.3) is 0 Å². The van der Waals surface area contributed by atoms with E-state index in [1.54, 1.807) is 11.7 Å². The molecule has 0 amide bonds. The summed E-state index contributed by atoms with van der Waals surface area (Å²) in [5, 5.41) is 13.8. The van der Waals surface area contributed by atoms with E-state index in [0.29, 0.717) is 12.8 Å². The fourth-order valence-electron chi connectivity index (χ4n) is 2.85. The van der Waals surface area contributed by atoms with Gasteiger partial charge in [0.25, 0.3) is 0 Å². The fourth-order valence-corrected chi connectivity index (χ4v) is 5.50. The third-order valence-corrected chi connectivity index (χ3v) is 6.78. The van der Waals surface area contributed by atoms with E-state index in [1.165, 1.54) is 0 Å². The van der Waals surface area contributed by atoms with E-state index in [0.717, 1.165) is 22.3 Å². The number of sulfone groups is 1. The molecule has 0 saturated carbocycles. The van der Waals surface area contributed by atoms with Crippen LogP contribution in [0.5, 0.6) is 0 Å². The molecule has 1 aromatic rings. The molecule has 1 aliphatic heterocycles. The summed E-state index contributed by atoms with van der Waals surface area (Å²) in [6.07, 6.45) is 1.47. The van der Waals surface area contributed by atoms with Crippen molar-refractivity contribution < 1.29 is 18.3 Å². The van der Waals surface area contributed by atoms with E-state index in [2.05, 4.69) is 21.0 Å². The van der Waals surface area contributed by atoms with E-state index in [4.69, 9.17) is 0 Å². The molecule has 0 radical (unpaired) electrons. The smallest absolute Gasteiger partial charge is 0.307 e. The lowest BCUT2D eigenvalue weighted by molar-refractivity contribution is -0.143. The summed E-state index contributed by atoms with van der Waals surface area (Å²) >= 11 is 3.48. The number of nitrogens with zero attached hydrogens (tertiary/aromatic N) is 2. The van der Waals surface area contributed by atoms with Gasteiger partial charge >= 0.3 is 5.97 Å². The van der Waals surface area contributed by atoms with Crippen molar-refractivity contribution in [3.8, 4) is 0 Å².